The predicted octanol–water partition coefficient (Wildman–Crippen LogP) is 1.59. The highest BCUT2D eigenvalue weighted by atomic mass is 127. The van der Waals surface area contributed by atoms with E-state index >= 15 is 0 Å². The molecule has 0 aliphatic heterocycles. The molecular weight excluding hydrogens is 359 g/mol. The highest BCUT2D eigenvalue weighted by Crippen LogP contribution is 2.20. The molecule has 0 fully saturated rings. The highest BCUT2D eigenvalue weighted by molar-refractivity contribution is 14.1. The standard InChI is InChI=1S/C13H17IN2O3/c1-4-16(3)13(19)8(2)15-12(18)9-5-6-10(14)11(17)7-9/h5-8,17H,4H2,1-3H3,(H,15,18). The zero-order chi connectivity index (χ0) is 14.6. The molecule has 6 heteroatoms. The van der Waals surface area contributed by atoms with Crippen LogP contribution in [-0.4, -0.2) is 41.5 Å². The van der Waals surface area contributed by atoms with Gasteiger partial charge < -0.3 is 15.3 Å². The Morgan fingerprint density at radius 3 is 2.63 bits per heavy atom. The van der Waals surface area contributed by atoms with Crippen LogP contribution in [0.15, 0.2) is 18.2 Å². The van der Waals surface area contributed by atoms with Crippen molar-refractivity contribution in [2.75, 3.05) is 13.6 Å². The van der Waals surface area contributed by atoms with Crippen LogP contribution in [0, 0.1) is 3.57 Å². The van der Waals surface area contributed by atoms with Crippen LogP contribution in [0.25, 0.3) is 0 Å². The number of amides is 2. The average molecular weight is 376 g/mol. The van der Waals surface area contributed by atoms with E-state index in [9.17, 15) is 14.7 Å². The molecule has 0 heterocycles. The number of carbonyl (C=O) groups is 2. The Kier molecular flexibility index (Phi) is 5.59. The molecule has 1 aromatic carbocycles. The lowest BCUT2D eigenvalue weighted by atomic mass is 10.2. The molecule has 0 bridgehead atoms. The van der Waals surface area contributed by atoms with E-state index in [0.29, 0.717) is 15.7 Å². The summed E-state index contributed by atoms with van der Waals surface area (Å²) < 4.78 is 0.670. The Balaban J connectivity index is 2.74. The van der Waals surface area contributed by atoms with E-state index in [4.69, 9.17) is 0 Å². The first kappa shape index (κ1) is 15.7. The summed E-state index contributed by atoms with van der Waals surface area (Å²) in [5.41, 5.74) is 0.330. The number of halogens is 1. The number of hydrogen-bond acceptors (Lipinski definition) is 3. The monoisotopic (exact) mass is 376 g/mol. The smallest absolute Gasteiger partial charge is 0.252 e. The lowest BCUT2D eigenvalue weighted by Gasteiger charge is -2.20. The van der Waals surface area contributed by atoms with Crippen molar-refractivity contribution in [3.63, 3.8) is 0 Å². The van der Waals surface area contributed by atoms with Gasteiger partial charge in [-0.05, 0) is 54.6 Å². The first-order valence-electron chi connectivity index (χ1n) is 5.91. The molecular formula is C13H17IN2O3. The van der Waals surface area contributed by atoms with E-state index in [1.54, 1.807) is 26.1 Å². The zero-order valence-corrected chi connectivity index (χ0v) is 13.3. The lowest BCUT2D eigenvalue weighted by molar-refractivity contribution is -0.131. The molecule has 19 heavy (non-hydrogen) atoms. The molecule has 0 radical (unpaired) electrons. The van der Waals surface area contributed by atoms with Gasteiger partial charge in [0.25, 0.3) is 5.91 Å². The summed E-state index contributed by atoms with van der Waals surface area (Å²) in [6, 6.07) is 4.05. The van der Waals surface area contributed by atoms with Crippen LogP contribution >= 0.6 is 22.6 Å². The van der Waals surface area contributed by atoms with Crippen LogP contribution in [0.1, 0.15) is 24.2 Å². The normalized spacial score (nSPS) is 11.8. The van der Waals surface area contributed by atoms with Gasteiger partial charge in [-0.1, -0.05) is 0 Å². The molecule has 2 N–H and O–H groups in total. The van der Waals surface area contributed by atoms with Crippen LogP contribution in [0.3, 0.4) is 0 Å². The lowest BCUT2D eigenvalue weighted by Crippen LogP contribution is -2.45. The van der Waals surface area contributed by atoms with Gasteiger partial charge in [-0.2, -0.15) is 0 Å². The van der Waals surface area contributed by atoms with Gasteiger partial charge in [0.15, 0.2) is 0 Å². The Morgan fingerprint density at radius 1 is 1.47 bits per heavy atom. The van der Waals surface area contributed by atoms with Crippen molar-refractivity contribution in [2.45, 2.75) is 19.9 Å². The molecule has 1 unspecified atom stereocenters. The van der Waals surface area contributed by atoms with Gasteiger partial charge in [-0.15, -0.1) is 0 Å². The summed E-state index contributed by atoms with van der Waals surface area (Å²) in [5, 5.41) is 12.2. The molecule has 0 aliphatic carbocycles. The molecule has 0 aromatic heterocycles. The first-order chi connectivity index (χ1) is 8.86. The fraction of sp³-hybridized carbons (Fsp3) is 0.385. The second kappa shape index (κ2) is 6.74. The van der Waals surface area contributed by atoms with Gasteiger partial charge in [-0.3, -0.25) is 9.59 Å². The molecule has 0 aliphatic rings. The summed E-state index contributed by atoms with van der Waals surface area (Å²) >= 11 is 1.97. The van der Waals surface area contributed by atoms with Crippen LogP contribution in [0.5, 0.6) is 5.75 Å². The Morgan fingerprint density at radius 2 is 2.11 bits per heavy atom. The molecule has 0 saturated carbocycles. The van der Waals surface area contributed by atoms with Crippen LogP contribution in [0.2, 0.25) is 0 Å². The van der Waals surface area contributed by atoms with E-state index in [1.807, 2.05) is 29.5 Å². The molecule has 1 rings (SSSR count). The number of carbonyl (C=O) groups excluding carboxylic acids is 2. The molecule has 2 amide bonds. The van der Waals surface area contributed by atoms with E-state index in [1.165, 1.54) is 11.0 Å². The van der Waals surface area contributed by atoms with Crippen molar-refractivity contribution in [1.82, 2.24) is 10.2 Å². The minimum atomic E-state index is -0.598. The Hall–Kier alpha value is -1.31. The quantitative estimate of drug-likeness (QED) is 0.785. The van der Waals surface area contributed by atoms with E-state index in [2.05, 4.69) is 5.32 Å². The summed E-state index contributed by atoms with van der Waals surface area (Å²) in [6.45, 7) is 4.09. The third kappa shape index (κ3) is 4.09. The molecule has 0 spiro atoms. The topological polar surface area (TPSA) is 69.6 Å². The number of benzene rings is 1. The second-order valence-corrected chi connectivity index (χ2v) is 5.38. The predicted molar refractivity (Wildman–Crippen MR) is 81.1 cm³/mol. The summed E-state index contributed by atoms with van der Waals surface area (Å²) in [4.78, 5) is 25.3. The van der Waals surface area contributed by atoms with Gasteiger partial charge in [0.2, 0.25) is 5.91 Å². The van der Waals surface area contributed by atoms with E-state index in [0.717, 1.165) is 0 Å². The maximum atomic E-state index is 11.9. The minimum absolute atomic E-state index is 0.0536. The molecule has 104 valence electrons. The fourth-order valence-electron chi connectivity index (χ4n) is 1.48. The van der Waals surface area contributed by atoms with Gasteiger partial charge >= 0.3 is 0 Å². The third-order valence-electron chi connectivity index (χ3n) is 2.78. The third-order valence-corrected chi connectivity index (χ3v) is 3.69. The van der Waals surface area contributed by atoms with Crippen molar-refractivity contribution in [1.29, 1.82) is 0 Å². The van der Waals surface area contributed by atoms with Gasteiger partial charge in [0.05, 0.1) is 3.57 Å². The average Bonchev–Trinajstić information content (AvgIpc) is 2.39. The largest absolute Gasteiger partial charge is 0.507 e. The summed E-state index contributed by atoms with van der Waals surface area (Å²) in [7, 11) is 1.68. The van der Waals surface area contributed by atoms with Crippen molar-refractivity contribution in [3.8, 4) is 5.75 Å². The molecule has 1 aromatic rings. The number of nitrogens with zero attached hydrogens (tertiary/aromatic N) is 1. The van der Waals surface area contributed by atoms with Crippen molar-refractivity contribution in [2.24, 2.45) is 0 Å². The minimum Gasteiger partial charge on any atom is -0.507 e. The Labute approximate surface area is 126 Å². The number of rotatable bonds is 4. The van der Waals surface area contributed by atoms with Gasteiger partial charge in [0.1, 0.15) is 11.8 Å². The summed E-state index contributed by atoms with van der Waals surface area (Å²) in [5.74, 6) is -0.472. The SMILES string of the molecule is CCN(C)C(=O)C(C)NC(=O)c1ccc(I)c(O)c1. The fourth-order valence-corrected chi connectivity index (χ4v) is 1.82. The first-order valence-corrected chi connectivity index (χ1v) is 6.99. The number of nitrogens with one attached hydrogen (secondary N) is 1. The second-order valence-electron chi connectivity index (χ2n) is 4.21. The van der Waals surface area contributed by atoms with Crippen molar-refractivity contribution in [3.05, 3.63) is 27.3 Å². The molecule has 1 atom stereocenters. The number of hydrogen-bond donors (Lipinski definition) is 2. The van der Waals surface area contributed by atoms with Gasteiger partial charge in [0, 0.05) is 19.2 Å². The summed E-state index contributed by atoms with van der Waals surface area (Å²) in [6.07, 6.45) is 0. The molecule has 5 nitrogen and oxygen atoms in total. The maximum absolute atomic E-state index is 11.9. The van der Waals surface area contributed by atoms with Crippen molar-refractivity contribution >= 4 is 34.4 Å². The van der Waals surface area contributed by atoms with Crippen molar-refractivity contribution < 1.29 is 14.7 Å². The number of aromatic hydroxyl groups is 1. The number of phenolic OH excluding ortho intramolecular Hbond substituents is 1. The maximum Gasteiger partial charge on any atom is 0.252 e. The highest BCUT2D eigenvalue weighted by Gasteiger charge is 2.19. The molecule has 0 saturated heterocycles. The zero-order valence-electron chi connectivity index (χ0n) is 11.1. The van der Waals surface area contributed by atoms with E-state index in [-0.39, 0.29) is 17.6 Å². The van der Waals surface area contributed by atoms with Crippen LogP contribution in [-0.2, 0) is 4.79 Å². The van der Waals surface area contributed by atoms with E-state index < -0.39 is 6.04 Å². The Bertz CT molecular complexity index is 491. The van der Waals surface area contributed by atoms with Gasteiger partial charge in [-0.25, -0.2) is 0 Å². The van der Waals surface area contributed by atoms with Crippen LogP contribution in [0.4, 0.5) is 0 Å². The van der Waals surface area contributed by atoms with Crippen LogP contribution < -0.4 is 5.32 Å². The number of likely N-dealkylation sites (N-methyl/N-ethyl adjacent to an activating group) is 1. The number of phenols is 1.